The summed E-state index contributed by atoms with van der Waals surface area (Å²) in [6.07, 6.45) is 0.429. The number of aromatic carboxylic acids is 1. The van der Waals surface area contributed by atoms with Crippen LogP contribution in [0.2, 0.25) is 0 Å². The van der Waals surface area contributed by atoms with E-state index in [1.165, 1.54) is 4.57 Å². The molecule has 1 aromatic heterocycles. The Morgan fingerprint density at radius 2 is 1.64 bits per heavy atom. The highest BCUT2D eigenvalue weighted by Crippen LogP contribution is 2.30. The zero-order chi connectivity index (χ0) is 20.1. The molecule has 1 N–H and O–H groups in total. The highest BCUT2D eigenvalue weighted by Gasteiger charge is 2.22. The van der Waals surface area contributed by atoms with Crippen LogP contribution in [0.1, 0.15) is 30.3 Å². The average Bonchev–Trinajstić information content (AvgIpc) is 2.70. The predicted octanol–water partition coefficient (Wildman–Crippen LogP) is 3.71. The molecule has 0 amide bonds. The number of fused-ring (bicyclic) bond motifs is 1. The first-order valence-electron chi connectivity index (χ1n) is 9.14. The summed E-state index contributed by atoms with van der Waals surface area (Å²) < 4.78 is 6.16. The van der Waals surface area contributed by atoms with Gasteiger partial charge in [0.05, 0.1) is 6.61 Å². The van der Waals surface area contributed by atoms with Crippen molar-refractivity contribution in [3.8, 4) is 11.1 Å². The molecular formula is C22H21NO5. The summed E-state index contributed by atoms with van der Waals surface area (Å²) in [6, 6.07) is 16.1. The number of pyridine rings is 1. The van der Waals surface area contributed by atoms with E-state index < -0.39 is 5.97 Å². The summed E-state index contributed by atoms with van der Waals surface area (Å²) in [5.74, 6) is -1.55. The zero-order valence-electron chi connectivity index (χ0n) is 15.6. The first-order chi connectivity index (χ1) is 13.5. The topological polar surface area (TPSA) is 85.6 Å². The molecule has 0 saturated carbocycles. The Balaban J connectivity index is 2.19. The van der Waals surface area contributed by atoms with Crippen LogP contribution in [0.15, 0.2) is 59.4 Å². The molecule has 0 fully saturated rings. The average molecular weight is 379 g/mol. The molecule has 6 nitrogen and oxygen atoms in total. The van der Waals surface area contributed by atoms with Gasteiger partial charge in [-0.1, -0.05) is 48.5 Å². The van der Waals surface area contributed by atoms with Gasteiger partial charge in [0, 0.05) is 23.9 Å². The Bertz CT molecular complexity index is 1070. The predicted molar refractivity (Wildman–Crippen MR) is 106 cm³/mol. The van der Waals surface area contributed by atoms with Gasteiger partial charge in [0.1, 0.15) is 5.69 Å². The number of rotatable bonds is 7. The van der Waals surface area contributed by atoms with Crippen molar-refractivity contribution in [1.29, 1.82) is 0 Å². The summed E-state index contributed by atoms with van der Waals surface area (Å²) in [6.45, 7) is 2.12. The van der Waals surface area contributed by atoms with E-state index in [1.54, 1.807) is 31.2 Å². The number of carboxylic acids is 1. The van der Waals surface area contributed by atoms with Crippen molar-refractivity contribution in [2.75, 3.05) is 6.61 Å². The van der Waals surface area contributed by atoms with Crippen LogP contribution in [0, 0.1) is 0 Å². The minimum absolute atomic E-state index is 0.0706. The van der Waals surface area contributed by atoms with E-state index in [9.17, 15) is 19.5 Å². The van der Waals surface area contributed by atoms with Crippen molar-refractivity contribution >= 4 is 22.7 Å². The van der Waals surface area contributed by atoms with Crippen LogP contribution in [-0.4, -0.2) is 28.2 Å². The lowest BCUT2D eigenvalue weighted by atomic mass is 9.96. The summed E-state index contributed by atoms with van der Waals surface area (Å²) in [4.78, 5) is 36.8. The Labute approximate surface area is 162 Å². The van der Waals surface area contributed by atoms with Crippen molar-refractivity contribution in [3.63, 3.8) is 0 Å². The lowest BCUT2D eigenvalue weighted by Crippen LogP contribution is -2.28. The summed E-state index contributed by atoms with van der Waals surface area (Å²) >= 11 is 0. The molecule has 0 aliphatic rings. The molecule has 0 atom stereocenters. The van der Waals surface area contributed by atoms with Crippen LogP contribution >= 0.6 is 0 Å². The molecule has 144 valence electrons. The van der Waals surface area contributed by atoms with Gasteiger partial charge in [0.15, 0.2) is 0 Å². The molecule has 0 bridgehead atoms. The van der Waals surface area contributed by atoms with Crippen LogP contribution in [0.3, 0.4) is 0 Å². The fourth-order valence-corrected chi connectivity index (χ4v) is 3.34. The van der Waals surface area contributed by atoms with Crippen molar-refractivity contribution < 1.29 is 19.4 Å². The Hall–Kier alpha value is -3.41. The van der Waals surface area contributed by atoms with Crippen LogP contribution in [0.5, 0.6) is 0 Å². The molecule has 1 heterocycles. The highest BCUT2D eigenvalue weighted by molar-refractivity contribution is 6.06. The Morgan fingerprint density at radius 1 is 1.00 bits per heavy atom. The summed E-state index contributed by atoms with van der Waals surface area (Å²) in [7, 11) is 0. The molecule has 0 radical (unpaired) electrons. The number of carboxylic acid groups (broad SMARTS) is 1. The Kier molecular flexibility index (Phi) is 5.89. The van der Waals surface area contributed by atoms with Crippen molar-refractivity contribution in [2.45, 2.75) is 26.3 Å². The van der Waals surface area contributed by atoms with Crippen molar-refractivity contribution in [1.82, 2.24) is 4.57 Å². The van der Waals surface area contributed by atoms with Crippen molar-refractivity contribution in [3.05, 3.63) is 70.6 Å². The quantitative estimate of drug-likeness (QED) is 0.633. The van der Waals surface area contributed by atoms with E-state index >= 15 is 0 Å². The molecule has 0 aliphatic heterocycles. The molecule has 0 unspecified atom stereocenters. The number of esters is 1. The van der Waals surface area contributed by atoms with Crippen LogP contribution in [0.25, 0.3) is 21.9 Å². The molecule has 3 rings (SSSR count). The molecule has 6 heteroatoms. The van der Waals surface area contributed by atoms with Crippen molar-refractivity contribution in [2.24, 2.45) is 0 Å². The van der Waals surface area contributed by atoms with Gasteiger partial charge in [-0.05, 0) is 30.4 Å². The zero-order valence-corrected chi connectivity index (χ0v) is 15.6. The van der Waals surface area contributed by atoms with Gasteiger partial charge in [-0.15, -0.1) is 0 Å². The van der Waals surface area contributed by atoms with E-state index in [1.807, 2.05) is 30.3 Å². The Morgan fingerprint density at radius 3 is 2.29 bits per heavy atom. The number of carbonyl (C=O) groups excluding carboxylic acids is 1. The standard InChI is InChI=1S/C22H21NO5/c1-2-28-18(24)13-8-14-23-20(22(26)27)19(15-9-4-3-5-10-15)16-11-6-7-12-17(16)21(23)25/h3-7,9-12H,2,8,13-14H2,1H3,(H,26,27). The number of hydrogen-bond donors (Lipinski definition) is 1. The van der Waals surface area contributed by atoms with Crippen LogP contribution in [-0.2, 0) is 16.1 Å². The number of aromatic nitrogens is 1. The highest BCUT2D eigenvalue weighted by atomic mass is 16.5. The third-order valence-electron chi connectivity index (χ3n) is 4.51. The number of ether oxygens (including phenoxy) is 1. The van der Waals surface area contributed by atoms with Gasteiger partial charge in [-0.3, -0.25) is 9.59 Å². The maximum Gasteiger partial charge on any atom is 0.353 e. The molecule has 0 saturated heterocycles. The second-order valence-electron chi connectivity index (χ2n) is 6.31. The maximum atomic E-state index is 13.0. The van der Waals surface area contributed by atoms with Crippen LogP contribution in [0.4, 0.5) is 0 Å². The second kappa shape index (κ2) is 8.52. The number of nitrogens with zero attached hydrogens (tertiary/aromatic N) is 1. The molecule has 0 aliphatic carbocycles. The van der Waals surface area contributed by atoms with Gasteiger partial charge in [-0.2, -0.15) is 0 Å². The monoisotopic (exact) mass is 379 g/mol. The third-order valence-corrected chi connectivity index (χ3v) is 4.51. The SMILES string of the molecule is CCOC(=O)CCCn1c(C(=O)O)c(-c2ccccc2)c2ccccc2c1=O. The fourth-order valence-electron chi connectivity index (χ4n) is 3.34. The lowest BCUT2D eigenvalue weighted by molar-refractivity contribution is -0.143. The minimum Gasteiger partial charge on any atom is -0.477 e. The lowest BCUT2D eigenvalue weighted by Gasteiger charge is -2.17. The van der Waals surface area contributed by atoms with Gasteiger partial charge < -0.3 is 14.4 Å². The van der Waals surface area contributed by atoms with Gasteiger partial charge in [0.2, 0.25) is 0 Å². The fraction of sp³-hybridized carbons (Fsp3) is 0.227. The van der Waals surface area contributed by atoms with Gasteiger partial charge in [0.25, 0.3) is 5.56 Å². The van der Waals surface area contributed by atoms with E-state index in [0.29, 0.717) is 22.8 Å². The van der Waals surface area contributed by atoms with Crippen LogP contribution < -0.4 is 5.56 Å². The smallest absolute Gasteiger partial charge is 0.353 e. The summed E-state index contributed by atoms with van der Waals surface area (Å²) in [5, 5.41) is 11.0. The number of hydrogen-bond acceptors (Lipinski definition) is 4. The van der Waals surface area contributed by atoms with E-state index in [0.717, 1.165) is 5.56 Å². The third kappa shape index (κ3) is 3.81. The largest absolute Gasteiger partial charge is 0.477 e. The molecular weight excluding hydrogens is 358 g/mol. The normalized spacial score (nSPS) is 10.8. The van der Waals surface area contributed by atoms with E-state index in [4.69, 9.17) is 4.74 Å². The first kappa shape index (κ1) is 19.4. The van der Waals surface area contributed by atoms with Gasteiger partial charge in [-0.25, -0.2) is 4.79 Å². The maximum absolute atomic E-state index is 13.0. The minimum atomic E-state index is -1.18. The summed E-state index contributed by atoms with van der Waals surface area (Å²) in [5.41, 5.74) is 0.768. The molecule has 0 spiro atoms. The number of carbonyl (C=O) groups is 2. The van der Waals surface area contributed by atoms with E-state index in [2.05, 4.69) is 0 Å². The van der Waals surface area contributed by atoms with E-state index in [-0.39, 0.29) is 36.8 Å². The number of benzene rings is 2. The molecule has 2 aromatic carbocycles. The second-order valence-corrected chi connectivity index (χ2v) is 6.31. The van der Waals surface area contributed by atoms with Gasteiger partial charge >= 0.3 is 11.9 Å². The molecule has 28 heavy (non-hydrogen) atoms. The first-order valence-corrected chi connectivity index (χ1v) is 9.14. The molecule has 3 aromatic rings.